The van der Waals surface area contributed by atoms with Crippen LogP contribution >= 0.6 is 0 Å². The number of amides is 2. The van der Waals surface area contributed by atoms with Gasteiger partial charge in [0, 0.05) is 18.5 Å². The third-order valence-corrected chi connectivity index (χ3v) is 4.05. The zero-order chi connectivity index (χ0) is 18.0. The summed E-state index contributed by atoms with van der Waals surface area (Å²) in [5, 5.41) is 3.19. The van der Waals surface area contributed by atoms with E-state index in [9.17, 15) is 19.2 Å². The van der Waals surface area contributed by atoms with Gasteiger partial charge in [0.15, 0.2) is 0 Å². The fourth-order valence-electron chi connectivity index (χ4n) is 2.77. The first-order valence-corrected chi connectivity index (χ1v) is 7.69. The van der Waals surface area contributed by atoms with E-state index in [1.165, 1.54) is 18.1 Å². The molecule has 0 unspecified atom stereocenters. The summed E-state index contributed by atoms with van der Waals surface area (Å²) in [4.78, 5) is 49.8. The molecule has 1 N–H and O–H groups in total. The van der Waals surface area contributed by atoms with E-state index in [-0.39, 0.29) is 25.1 Å². The van der Waals surface area contributed by atoms with Crippen molar-refractivity contribution in [1.82, 2.24) is 10.2 Å². The van der Waals surface area contributed by atoms with Crippen molar-refractivity contribution < 1.29 is 23.5 Å². The highest BCUT2D eigenvalue weighted by Crippen LogP contribution is 2.17. The highest BCUT2D eigenvalue weighted by molar-refractivity contribution is 6.00. The molecule has 1 aromatic heterocycles. The minimum Gasteiger partial charge on any atom is -0.469 e. The fraction of sp³-hybridized carbons (Fsp3) is 0.294. The fourth-order valence-corrected chi connectivity index (χ4v) is 2.77. The second-order valence-corrected chi connectivity index (χ2v) is 5.57. The van der Waals surface area contributed by atoms with Gasteiger partial charge in [-0.3, -0.25) is 14.4 Å². The number of esters is 1. The van der Waals surface area contributed by atoms with E-state index in [1.807, 2.05) is 0 Å². The molecule has 0 radical (unpaired) electrons. The third-order valence-electron chi connectivity index (χ3n) is 4.05. The number of hydrogen-bond donors (Lipinski definition) is 1. The third kappa shape index (κ3) is 3.23. The molecule has 1 atom stereocenters. The van der Waals surface area contributed by atoms with Crippen molar-refractivity contribution in [2.45, 2.75) is 12.5 Å². The topological polar surface area (TPSA) is 106 Å². The number of carbonyl (C=O) groups excluding carboxylic acids is 3. The summed E-state index contributed by atoms with van der Waals surface area (Å²) < 4.78 is 9.75. The number of fused-ring (bicyclic) bond motifs is 1. The van der Waals surface area contributed by atoms with Crippen LogP contribution in [0.2, 0.25) is 0 Å². The predicted molar refractivity (Wildman–Crippen MR) is 87.0 cm³/mol. The molecule has 2 aromatic rings. The van der Waals surface area contributed by atoms with E-state index >= 15 is 0 Å². The molecule has 2 heterocycles. The van der Waals surface area contributed by atoms with Gasteiger partial charge in [-0.15, -0.1) is 0 Å². The standard InChI is InChI=1S/C17H16N2O6/c1-24-14(20)9-12-15(21)18-6-7-19(12)16(22)11-8-10-4-2-3-5-13(10)25-17(11)23/h2-5,8,12H,6-7,9H2,1H3,(H,18,21)/t12-/m0/s1. The highest BCUT2D eigenvalue weighted by atomic mass is 16.5. The van der Waals surface area contributed by atoms with Crippen molar-refractivity contribution in [2.24, 2.45) is 0 Å². The van der Waals surface area contributed by atoms with Gasteiger partial charge in [0.2, 0.25) is 5.91 Å². The van der Waals surface area contributed by atoms with Gasteiger partial charge in [0.25, 0.3) is 5.91 Å². The van der Waals surface area contributed by atoms with Crippen LogP contribution in [0.25, 0.3) is 11.0 Å². The van der Waals surface area contributed by atoms with Gasteiger partial charge in [0.05, 0.1) is 13.5 Å². The molecule has 3 rings (SSSR count). The number of methoxy groups -OCH3 is 1. The monoisotopic (exact) mass is 344 g/mol. The average Bonchev–Trinajstić information content (AvgIpc) is 2.62. The van der Waals surface area contributed by atoms with Gasteiger partial charge < -0.3 is 19.4 Å². The number of nitrogens with zero attached hydrogens (tertiary/aromatic N) is 1. The number of piperazine rings is 1. The molecule has 0 spiro atoms. The smallest absolute Gasteiger partial charge is 0.349 e. The van der Waals surface area contributed by atoms with Crippen LogP contribution in [0.4, 0.5) is 0 Å². The summed E-state index contributed by atoms with van der Waals surface area (Å²) in [7, 11) is 1.20. The SMILES string of the molecule is COC(=O)C[C@H]1C(=O)NCCN1C(=O)c1cc2ccccc2oc1=O. The second kappa shape index (κ2) is 6.76. The van der Waals surface area contributed by atoms with Gasteiger partial charge >= 0.3 is 11.6 Å². The van der Waals surface area contributed by atoms with Crippen LogP contribution in [0.5, 0.6) is 0 Å². The molecule has 0 saturated carbocycles. The molecule has 1 aromatic carbocycles. The molecule has 0 bridgehead atoms. The molecular weight excluding hydrogens is 328 g/mol. The summed E-state index contributed by atoms with van der Waals surface area (Å²) in [5.74, 6) is -1.73. The number of benzene rings is 1. The minimum atomic E-state index is -1.03. The summed E-state index contributed by atoms with van der Waals surface area (Å²) in [6.45, 7) is 0.416. The van der Waals surface area contributed by atoms with Crippen LogP contribution in [0.1, 0.15) is 16.8 Å². The molecule has 1 saturated heterocycles. The summed E-state index contributed by atoms with van der Waals surface area (Å²) in [6, 6.07) is 7.22. The van der Waals surface area contributed by atoms with E-state index in [4.69, 9.17) is 4.42 Å². The van der Waals surface area contributed by atoms with E-state index in [0.29, 0.717) is 11.0 Å². The Morgan fingerprint density at radius 3 is 2.84 bits per heavy atom. The van der Waals surface area contributed by atoms with Gasteiger partial charge in [-0.25, -0.2) is 4.79 Å². The van der Waals surface area contributed by atoms with E-state index in [0.717, 1.165) is 0 Å². The van der Waals surface area contributed by atoms with Crippen molar-refractivity contribution in [2.75, 3.05) is 20.2 Å². The second-order valence-electron chi connectivity index (χ2n) is 5.57. The van der Waals surface area contributed by atoms with Crippen molar-refractivity contribution >= 4 is 28.8 Å². The summed E-state index contributed by atoms with van der Waals surface area (Å²) in [5.41, 5.74) is -0.596. The predicted octanol–water partition coefficient (Wildman–Crippen LogP) is 0.297. The first-order chi connectivity index (χ1) is 12.0. The minimum absolute atomic E-state index is 0.178. The summed E-state index contributed by atoms with van der Waals surface area (Å²) in [6.07, 6.45) is -0.285. The van der Waals surface area contributed by atoms with Gasteiger partial charge in [-0.2, -0.15) is 0 Å². The molecule has 8 nitrogen and oxygen atoms in total. The Morgan fingerprint density at radius 2 is 2.08 bits per heavy atom. The number of para-hydroxylation sites is 1. The van der Waals surface area contributed by atoms with Crippen LogP contribution < -0.4 is 10.9 Å². The molecular formula is C17H16N2O6. The van der Waals surface area contributed by atoms with Gasteiger partial charge in [-0.05, 0) is 12.1 Å². The zero-order valence-corrected chi connectivity index (χ0v) is 13.5. The van der Waals surface area contributed by atoms with E-state index < -0.39 is 29.5 Å². The van der Waals surface area contributed by atoms with Crippen LogP contribution in [0.15, 0.2) is 39.5 Å². The molecule has 0 aliphatic carbocycles. The van der Waals surface area contributed by atoms with Crippen molar-refractivity contribution in [3.05, 3.63) is 46.3 Å². The maximum absolute atomic E-state index is 12.8. The molecule has 1 fully saturated rings. The van der Waals surface area contributed by atoms with E-state index in [1.54, 1.807) is 24.3 Å². The molecule has 130 valence electrons. The lowest BCUT2D eigenvalue weighted by Crippen LogP contribution is -2.58. The van der Waals surface area contributed by atoms with Crippen LogP contribution in [0, 0.1) is 0 Å². The first kappa shape index (κ1) is 16.7. The molecule has 8 heteroatoms. The molecule has 1 aliphatic rings. The van der Waals surface area contributed by atoms with Gasteiger partial charge in [0.1, 0.15) is 17.2 Å². The lowest BCUT2D eigenvalue weighted by molar-refractivity contribution is -0.145. The molecule has 25 heavy (non-hydrogen) atoms. The maximum atomic E-state index is 12.8. The number of ether oxygens (including phenoxy) is 1. The van der Waals surface area contributed by atoms with Crippen LogP contribution in [-0.4, -0.2) is 48.9 Å². The largest absolute Gasteiger partial charge is 0.469 e. The van der Waals surface area contributed by atoms with E-state index in [2.05, 4.69) is 10.1 Å². The van der Waals surface area contributed by atoms with Crippen LogP contribution in [0.3, 0.4) is 0 Å². The number of hydrogen-bond acceptors (Lipinski definition) is 6. The number of rotatable bonds is 3. The Labute approximate surface area is 142 Å². The Bertz CT molecular complexity index is 903. The van der Waals surface area contributed by atoms with Crippen molar-refractivity contribution in [3.63, 3.8) is 0 Å². The van der Waals surface area contributed by atoms with Crippen molar-refractivity contribution in [1.29, 1.82) is 0 Å². The lowest BCUT2D eigenvalue weighted by Gasteiger charge is -2.34. The Morgan fingerprint density at radius 1 is 1.32 bits per heavy atom. The zero-order valence-electron chi connectivity index (χ0n) is 13.5. The Kier molecular flexibility index (Phi) is 4.51. The normalized spacial score (nSPS) is 17.2. The van der Waals surface area contributed by atoms with Crippen LogP contribution in [-0.2, 0) is 14.3 Å². The summed E-state index contributed by atoms with van der Waals surface area (Å²) >= 11 is 0. The quantitative estimate of drug-likeness (QED) is 0.634. The maximum Gasteiger partial charge on any atom is 0.349 e. The van der Waals surface area contributed by atoms with Crippen molar-refractivity contribution in [3.8, 4) is 0 Å². The molecule has 1 aliphatic heterocycles. The average molecular weight is 344 g/mol. The Balaban J connectivity index is 1.97. The lowest BCUT2D eigenvalue weighted by atomic mass is 10.1. The number of carbonyl (C=O) groups is 3. The Hall–Kier alpha value is -3.16. The molecule has 2 amide bonds. The van der Waals surface area contributed by atoms with Gasteiger partial charge in [-0.1, -0.05) is 18.2 Å². The first-order valence-electron chi connectivity index (χ1n) is 7.69. The number of nitrogens with one attached hydrogen (secondary N) is 1. The highest BCUT2D eigenvalue weighted by Gasteiger charge is 2.36.